The Bertz CT molecular complexity index is 799. The summed E-state index contributed by atoms with van der Waals surface area (Å²) >= 11 is 0. The maximum absolute atomic E-state index is 13.6. The molecule has 0 aliphatic heterocycles. The first-order valence-electron chi connectivity index (χ1n) is 9.77. The average Bonchev–Trinajstić information content (AvgIpc) is 2.70. The molecular formula is C18H17F17O2. The Morgan fingerprint density at radius 2 is 0.865 bits per heavy atom. The molecule has 19 heteroatoms. The van der Waals surface area contributed by atoms with Gasteiger partial charge in [-0.05, 0) is 25.3 Å². The van der Waals surface area contributed by atoms with Gasteiger partial charge in [0.2, 0.25) is 0 Å². The van der Waals surface area contributed by atoms with Crippen LogP contribution >= 0.6 is 0 Å². The summed E-state index contributed by atoms with van der Waals surface area (Å²) in [5.41, 5.74) is 0. The first-order chi connectivity index (χ1) is 16.2. The van der Waals surface area contributed by atoms with Crippen LogP contribution in [-0.4, -0.2) is 58.7 Å². The molecule has 0 aliphatic carbocycles. The van der Waals surface area contributed by atoms with Gasteiger partial charge in [-0.2, -0.15) is 74.6 Å². The zero-order chi connectivity index (χ0) is 29.9. The molecule has 0 aromatic rings. The Labute approximate surface area is 196 Å². The molecule has 0 saturated carbocycles. The summed E-state index contributed by atoms with van der Waals surface area (Å²) in [5.74, 6) is -57.5. The summed E-state index contributed by atoms with van der Waals surface area (Å²) in [6, 6.07) is 0. The highest BCUT2D eigenvalue weighted by Gasteiger charge is 2.95. The lowest BCUT2D eigenvalue weighted by molar-refractivity contribution is -0.459. The summed E-state index contributed by atoms with van der Waals surface area (Å²) in [4.78, 5) is 10.3. The van der Waals surface area contributed by atoms with Crippen molar-refractivity contribution in [3.63, 3.8) is 0 Å². The van der Waals surface area contributed by atoms with Crippen molar-refractivity contribution in [2.24, 2.45) is 0 Å². The van der Waals surface area contributed by atoms with Crippen LogP contribution in [0.4, 0.5) is 74.6 Å². The van der Waals surface area contributed by atoms with Crippen LogP contribution in [0.3, 0.4) is 0 Å². The van der Waals surface area contributed by atoms with Crippen LogP contribution in [0.25, 0.3) is 0 Å². The van der Waals surface area contributed by atoms with E-state index in [1.807, 2.05) is 0 Å². The van der Waals surface area contributed by atoms with Crippen molar-refractivity contribution in [1.82, 2.24) is 0 Å². The van der Waals surface area contributed by atoms with Gasteiger partial charge in [0.05, 0.1) is 0 Å². The van der Waals surface area contributed by atoms with Crippen LogP contribution in [0.1, 0.15) is 44.9 Å². The molecule has 0 bridgehead atoms. The second kappa shape index (κ2) is 11.0. The molecule has 0 aromatic heterocycles. The van der Waals surface area contributed by atoms with Gasteiger partial charge in [0.25, 0.3) is 0 Å². The Morgan fingerprint density at radius 3 is 1.27 bits per heavy atom. The average molecular weight is 588 g/mol. The fourth-order valence-corrected chi connectivity index (χ4v) is 2.58. The molecular weight excluding hydrogens is 571 g/mol. The Balaban J connectivity index is 5.81. The van der Waals surface area contributed by atoms with E-state index >= 15 is 0 Å². The standard InChI is InChI=1S/C18H17F17O2/c19-11(20,9-7-5-3-1-2-4-6-8-10(36)37)12(21,22)13(23,24)14(25,26)15(27,28)16(29,30)17(31,32)18(33,34)35/h7,9H,1-6,8H2,(H,36,37)/b9-7+. The summed E-state index contributed by atoms with van der Waals surface area (Å²) < 4.78 is 223. The normalized spacial score (nSPS) is 15.5. The molecule has 2 nitrogen and oxygen atoms in total. The van der Waals surface area contributed by atoms with E-state index in [0.717, 1.165) is 0 Å². The van der Waals surface area contributed by atoms with Crippen LogP contribution in [0.5, 0.6) is 0 Å². The van der Waals surface area contributed by atoms with Crippen LogP contribution in [-0.2, 0) is 4.79 Å². The van der Waals surface area contributed by atoms with Gasteiger partial charge in [0.1, 0.15) is 0 Å². The third-order valence-corrected chi connectivity index (χ3v) is 4.83. The number of alkyl halides is 17. The fraction of sp³-hybridized carbons (Fsp3) is 0.833. The molecule has 0 rings (SSSR count). The van der Waals surface area contributed by atoms with Crippen LogP contribution < -0.4 is 0 Å². The smallest absolute Gasteiger partial charge is 0.460 e. The van der Waals surface area contributed by atoms with E-state index in [0.29, 0.717) is 6.42 Å². The molecule has 0 saturated heterocycles. The molecule has 0 unspecified atom stereocenters. The zero-order valence-electron chi connectivity index (χ0n) is 17.9. The Kier molecular flexibility index (Phi) is 10.4. The van der Waals surface area contributed by atoms with Gasteiger partial charge in [-0.15, -0.1) is 0 Å². The fourth-order valence-electron chi connectivity index (χ4n) is 2.58. The predicted molar refractivity (Wildman–Crippen MR) is 89.8 cm³/mol. The number of aliphatic carboxylic acids is 1. The van der Waals surface area contributed by atoms with E-state index in [1.54, 1.807) is 0 Å². The van der Waals surface area contributed by atoms with Crippen molar-refractivity contribution in [2.45, 2.75) is 92.6 Å². The molecule has 0 heterocycles. The summed E-state index contributed by atoms with van der Waals surface area (Å²) in [5, 5.41) is 8.39. The van der Waals surface area contributed by atoms with Gasteiger partial charge < -0.3 is 5.11 Å². The zero-order valence-corrected chi connectivity index (χ0v) is 17.9. The van der Waals surface area contributed by atoms with Gasteiger partial charge in [-0.3, -0.25) is 4.79 Å². The minimum Gasteiger partial charge on any atom is -0.481 e. The predicted octanol–water partition coefficient (Wildman–Crippen LogP) is 8.37. The number of rotatable bonds is 15. The summed E-state index contributed by atoms with van der Waals surface area (Å²) in [6.07, 6.45) is -9.03. The third kappa shape index (κ3) is 6.37. The number of carboxylic acids is 1. The number of carbonyl (C=O) groups is 1. The number of halogens is 17. The molecule has 1 N–H and O–H groups in total. The van der Waals surface area contributed by atoms with Crippen molar-refractivity contribution in [2.75, 3.05) is 0 Å². The molecule has 37 heavy (non-hydrogen) atoms. The maximum atomic E-state index is 13.6. The van der Waals surface area contributed by atoms with Gasteiger partial charge in [-0.25, -0.2) is 0 Å². The van der Waals surface area contributed by atoms with E-state index in [9.17, 15) is 79.4 Å². The lowest BCUT2D eigenvalue weighted by atomic mass is 9.89. The van der Waals surface area contributed by atoms with Gasteiger partial charge >= 0.3 is 53.6 Å². The highest BCUT2D eigenvalue weighted by molar-refractivity contribution is 5.66. The van der Waals surface area contributed by atoms with E-state index < -0.39 is 66.1 Å². The first-order valence-corrected chi connectivity index (χ1v) is 9.77. The van der Waals surface area contributed by atoms with Crippen molar-refractivity contribution >= 4 is 5.97 Å². The topological polar surface area (TPSA) is 37.3 Å². The van der Waals surface area contributed by atoms with Crippen LogP contribution in [0.2, 0.25) is 0 Å². The Morgan fingerprint density at radius 1 is 0.514 bits per heavy atom. The van der Waals surface area contributed by atoms with Gasteiger partial charge in [0.15, 0.2) is 0 Å². The summed E-state index contributed by atoms with van der Waals surface area (Å²) in [7, 11) is 0. The van der Waals surface area contributed by atoms with Crippen LogP contribution in [0.15, 0.2) is 12.2 Å². The Hall–Kier alpha value is -1.98. The van der Waals surface area contributed by atoms with Crippen molar-refractivity contribution in [3.8, 4) is 0 Å². The molecule has 220 valence electrons. The van der Waals surface area contributed by atoms with Gasteiger partial charge in [0, 0.05) is 6.42 Å². The lowest BCUT2D eigenvalue weighted by Crippen LogP contribution is -2.74. The maximum Gasteiger partial charge on any atom is 0.460 e. The van der Waals surface area contributed by atoms with Gasteiger partial charge in [-0.1, -0.05) is 25.3 Å². The van der Waals surface area contributed by atoms with E-state index in [-0.39, 0.29) is 38.2 Å². The SMILES string of the molecule is O=C(O)CCCCCCC/C=C/C(F)(F)C(F)(F)C(F)(F)C(F)(F)C(F)(F)C(F)(F)C(F)(F)C(F)(F)F. The minimum atomic E-state index is -8.63. The number of hydrogen-bond donors (Lipinski definition) is 1. The van der Waals surface area contributed by atoms with E-state index in [2.05, 4.69) is 0 Å². The van der Waals surface area contributed by atoms with E-state index in [4.69, 9.17) is 5.11 Å². The van der Waals surface area contributed by atoms with Crippen molar-refractivity contribution < 1.29 is 84.5 Å². The first kappa shape index (κ1) is 35.0. The lowest BCUT2D eigenvalue weighted by Gasteiger charge is -2.42. The van der Waals surface area contributed by atoms with Crippen molar-refractivity contribution in [3.05, 3.63) is 12.2 Å². The monoisotopic (exact) mass is 588 g/mol. The highest BCUT2D eigenvalue weighted by atomic mass is 19.4. The number of carboxylic acid groups (broad SMARTS) is 1. The highest BCUT2D eigenvalue weighted by Crippen LogP contribution is 2.64. The largest absolute Gasteiger partial charge is 0.481 e. The second-order valence-electron chi connectivity index (χ2n) is 7.67. The van der Waals surface area contributed by atoms with Crippen LogP contribution in [0, 0.1) is 0 Å². The molecule has 0 atom stereocenters. The minimum absolute atomic E-state index is 0.00999. The summed E-state index contributed by atoms with van der Waals surface area (Å²) in [6.45, 7) is 0. The molecule has 0 spiro atoms. The number of unbranched alkanes of at least 4 members (excludes halogenated alkanes) is 5. The molecule has 0 aliphatic rings. The molecule has 0 fully saturated rings. The second-order valence-corrected chi connectivity index (χ2v) is 7.67. The molecule has 0 radical (unpaired) electrons. The number of allylic oxidation sites excluding steroid dienone is 2. The third-order valence-electron chi connectivity index (χ3n) is 4.83. The molecule has 0 amide bonds. The quantitative estimate of drug-likeness (QED) is 0.119. The molecule has 0 aromatic carbocycles. The number of hydrogen-bond acceptors (Lipinski definition) is 1. The van der Waals surface area contributed by atoms with Crippen molar-refractivity contribution in [1.29, 1.82) is 0 Å². The van der Waals surface area contributed by atoms with E-state index in [1.165, 1.54) is 0 Å².